The molecule has 0 fully saturated rings. The van der Waals surface area contributed by atoms with Crippen LogP contribution in [0.25, 0.3) is 27.9 Å². The summed E-state index contributed by atoms with van der Waals surface area (Å²) in [6.07, 6.45) is 5.80. The summed E-state index contributed by atoms with van der Waals surface area (Å²) in [4.78, 5) is 11.9. The molecule has 0 unspecified atom stereocenters. The smallest absolute Gasteiger partial charge is 0.182 e. The van der Waals surface area contributed by atoms with Gasteiger partial charge in [0.05, 0.1) is 11.6 Å². The Morgan fingerprint density at radius 1 is 1.17 bits per heavy atom. The number of benzene rings is 2. The first-order valence-corrected chi connectivity index (χ1v) is 10.1. The van der Waals surface area contributed by atoms with E-state index in [1.165, 1.54) is 6.07 Å². The molecule has 1 heterocycles. The number of hydrogen-bond donors (Lipinski definition) is 1. The molecule has 0 radical (unpaired) electrons. The van der Waals surface area contributed by atoms with E-state index < -0.39 is 0 Å². The second kappa shape index (κ2) is 10.3. The molecule has 1 aromatic rings. The molecule has 4 nitrogen and oxygen atoms in total. The van der Waals surface area contributed by atoms with Crippen LogP contribution in [0.2, 0.25) is 0 Å². The molecule has 1 aliphatic heterocycles. The van der Waals surface area contributed by atoms with Crippen LogP contribution < -0.4 is 10.7 Å². The molecular weight excluding hydrogens is 372 g/mol. The molecule has 0 saturated heterocycles. The third-order valence-corrected chi connectivity index (χ3v) is 4.68. The summed E-state index contributed by atoms with van der Waals surface area (Å²) in [7, 11) is 1.85. The minimum Gasteiger partial charge on any atom is -0.456 e. The summed E-state index contributed by atoms with van der Waals surface area (Å²) in [5, 5.41) is 13.2. The maximum atomic E-state index is 11.9. The molecule has 1 N–H and O–H groups in total. The Kier molecular flexibility index (Phi) is 7.77. The molecule has 1 aromatic carbocycles. The topological polar surface area (TPSA) is 66.0 Å². The molecule has 0 aromatic heterocycles. The lowest BCUT2D eigenvalue weighted by Crippen LogP contribution is -2.04. The van der Waals surface area contributed by atoms with Crippen molar-refractivity contribution in [3.05, 3.63) is 88.3 Å². The van der Waals surface area contributed by atoms with Gasteiger partial charge in [-0.3, -0.25) is 4.79 Å². The summed E-state index contributed by atoms with van der Waals surface area (Å²) >= 11 is 0. The van der Waals surface area contributed by atoms with Gasteiger partial charge in [-0.25, -0.2) is 0 Å². The molecular formula is C26H28N2O2. The zero-order valence-corrected chi connectivity index (χ0v) is 18.2. The van der Waals surface area contributed by atoms with Gasteiger partial charge in [0.25, 0.3) is 0 Å². The monoisotopic (exact) mass is 400 g/mol. The van der Waals surface area contributed by atoms with E-state index in [2.05, 4.69) is 37.9 Å². The fourth-order valence-corrected chi connectivity index (χ4v) is 3.25. The second-order valence-electron chi connectivity index (χ2n) is 6.81. The Labute approximate surface area is 178 Å². The van der Waals surface area contributed by atoms with Crippen molar-refractivity contribution in [1.29, 1.82) is 5.26 Å². The molecule has 0 saturated carbocycles. The number of nitriles is 1. The van der Waals surface area contributed by atoms with Gasteiger partial charge in [-0.1, -0.05) is 40.3 Å². The van der Waals surface area contributed by atoms with Gasteiger partial charge in [0.15, 0.2) is 5.43 Å². The van der Waals surface area contributed by atoms with Crippen molar-refractivity contribution < 1.29 is 4.42 Å². The van der Waals surface area contributed by atoms with Crippen LogP contribution in [0.15, 0.2) is 76.1 Å². The van der Waals surface area contributed by atoms with Gasteiger partial charge < -0.3 is 9.73 Å². The van der Waals surface area contributed by atoms with Crippen molar-refractivity contribution in [1.82, 2.24) is 5.32 Å². The minimum absolute atomic E-state index is 0.114. The lowest BCUT2D eigenvalue weighted by atomic mass is 9.87. The summed E-state index contributed by atoms with van der Waals surface area (Å²) in [6, 6.07) is 12.4. The van der Waals surface area contributed by atoms with Crippen molar-refractivity contribution >= 4 is 16.5 Å². The predicted molar refractivity (Wildman–Crippen MR) is 125 cm³/mol. The standard InChI is InChI=1S/C24H22N2O2.C2H6/c1-5-17(26-4)7-10-19(15(2)3)24-20-9-6-16(14-25)12-22(20)28-23-13-18(27)8-11-21(23)24;1-2/h5-13,15,26H,1H2,2-4H3;1-2H3/b17-7+,19-10+;. The van der Waals surface area contributed by atoms with Gasteiger partial charge in [0.2, 0.25) is 0 Å². The first-order chi connectivity index (χ1) is 14.5. The first kappa shape index (κ1) is 22.7. The fraction of sp³-hybridized carbons (Fsp3) is 0.231. The summed E-state index contributed by atoms with van der Waals surface area (Å²) in [5.74, 6) is 0.730. The molecule has 0 spiro atoms. The van der Waals surface area contributed by atoms with Gasteiger partial charge in [0, 0.05) is 29.8 Å². The van der Waals surface area contributed by atoms with Gasteiger partial charge >= 0.3 is 0 Å². The van der Waals surface area contributed by atoms with Crippen LogP contribution in [-0.4, -0.2) is 7.05 Å². The molecule has 2 aliphatic rings. The number of hydrogen-bond acceptors (Lipinski definition) is 4. The highest BCUT2D eigenvalue weighted by Crippen LogP contribution is 2.39. The zero-order valence-electron chi connectivity index (χ0n) is 18.2. The van der Waals surface area contributed by atoms with Crippen molar-refractivity contribution in [2.24, 2.45) is 5.92 Å². The minimum atomic E-state index is -0.114. The summed E-state index contributed by atoms with van der Waals surface area (Å²) < 4.78 is 5.99. The van der Waals surface area contributed by atoms with Crippen molar-refractivity contribution in [3.8, 4) is 17.4 Å². The second-order valence-corrected chi connectivity index (χ2v) is 6.81. The lowest BCUT2D eigenvalue weighted by molar-refractivity contribution is 0.618. The van der Waals surface area contributed by atoms with Gasteiger partial charge in [0.1, 0.15) is 11.3 Å². The normalized spacial score (nSPS) is 11.8. The third-order valence-electron chi connectivity index (χ3n) is 4.68. The van der Waals surface area contributed by atoms with E-state index >= 15 is 0 Å². The predicted octanol–water partition coefficient (Wildman–Crippen LogP) is 6.12. The summed E-state index contributed by atoms with van der Waals surface area (Å²) in [6.45, 7) is 12.1. The van der Waals surface area contributed by atoms with E-state index in [-0.39, 0.29) is 11.3 Å². The quantitative estimate of drug-likeness (QED) is 0.413. The Bertz CT molecular complexity index is 1170. The number of likely N-dealkylation sites (N-methyl/N-ethyl adjacent to an activating group) is 1. The van der Waals surface area contributed by atoms with Crippen LogP contribution in [0.1, 0.15) is 38.8 Å². The summed E-state index contributed by atoms with van der Waals surface area (Å²) in [5.41, 5.74) is 4.86. The van der Waals surface area contributed by atoms with Crippen molar-refractivity contribution in [3.63, 3.8) is 0 Å². The highest BCUT2D eigenvalue weighted by molar-refractivity contribution is 5.99. The van der Waals surface area contributed by atoms with Gasteiger partial charge in [-0.15, -0.1) is 0 Å². The Hall–Kier alpha value is -3.58. The number of fused-ring (bicyclic) bond motifs is 2. The number of nitrogens with one attached hydrogen (secondary N) is 1. The average molecular weight is 401 g/mol. The highest BCUT2D eigenvalue weighted by atomic mass is 16.3. The maximum Gasteiger partial charge on any atom is 0.182 e. The zero-order chi connectivity index (χ0) is 22.3. The van der Waals surface area contributed by atoms with Crippen LogP contribution in [-0.2, 0) is 0 Å². The molecule has 3 rings (SSSR count). The van der Waals surface area contributed by atoms with E-state index in [1.54, 1.807) is 30.3 Å². The van der Waals surface area contributed by atoms with E-state index in [4.69, 9.17) is 4.42 Å². The molecule has 4 heteroatoms. The van der Waals surface area contributed by atoms with Crippen LogP contribution in [0.3, 0.4) is 0 Å². The van der Waals surface area contributed by atoms with Crippen LogP contribution in [0.4, 0.5) is 0 Å². The Balaban J connectivity index is 0.00000155. The van der Waals surface area contributed by atoms with Crippen LogP contribution in [0.5, 0.6) is 0 Å². The van der Waals surface area contributed by atoms with Gasteiger partial charge in [-0.2, -0.15) is 5.26 Å². The van der Waals surface area contributed by atoms with Gasteiger partial charge in [-0.05, 0) is 59.5 Å². The first-order valence-electron chi connectivity index (χ1n) is 10.1. The van der Waals surface area contributed by atoms with Crippen molar-refractivity contribution in [2.75, 3.05) is 7.05 Å². The lowest BCUT2D eigenvalue weighted by Gasteiger charge is -2.19. The Morgan fingerprint density at radius 3 is 2.50 bits per heavy atom. The fourth-order valence-electron chi connectivity index (χ4n) is 3.25. The van der Waals surface area contributed by atoms with E-state index in [0.717, 1.165) is 27.8 Å². The molecule has 0 amide bonds. The number of rotatable bonds is 5. The Morgan fingerprint density at radius 2 is 1.90 bits per heavy atom. The van der Waals surface area contributed by atoms with Crippen LogP contribution in [0, 0.1) is 17.2 Å². The molecule has 1 aliphatic carbocycles. The van der Waals surface area contributed by atoms with E-state index in [1.807, 2.05) is 33.0 Å². The molecule has 0 atom stereocenters. The highest BCUT2D eigenvalue weighted by Gasteiger charge is 2.20. The average Bonchev–Trinajstić information content (AvgIpc) is 2.76. The van der Waals surface area contributed by atoms with Crippen molar-refractivity contribution in [2.45, 2.75) is 27.7 Å². The number of allylic oxidation sites excluding steroid dienone is 4. The maximum absolute atomic E-state index is 11.9. The van der Waals surface area contributed by atoms with E-state index in [0.29, 0.717) is 16.9 Å². The molecule has 154 valence electrons. The SMILES string of the molecule is C=C/C(=C\C=C(\c1c2ccc(=O)cc-2oc2cc(C#N)ccc12)C(C)C)NC.CC. The largest absolute Gasteiger partial charge is 0.456 e. The van der Waals surface area contributed by atoms with Crippen LogP contribution >= 0.6 is 0 Å². The third kappa shape index (κ3) is 4.69. The van der Waals surface area contributed by atoms with E-state index in [9.17, 15) is 10.1 Å². The number of nitrogens with zero attached hydrogens (tertiary/aromatic N) is 1. The molecule has 0 bridgehead atoms. The molecule has 30 heavy (non-hydrogen) atoms.